The summed E-state index contributed by atoms with van der Waals surface area (Å²) in [6.45, 7) is 2.43. The molecule has 0 saturated carbocycles. The fourth-order valence-electron chi connectivity index (χ4n) is 2.64. The van der Waals surface area contributed by atoms with Crippen molar-refractivity contribution in [1.29, 1.82) is 0 Å². The molecule has 1 amide bonds. The first-order valence-electron chi connectivity index (χ1n) is 8.29. The monoisotopic (exact) mass is 372 g/mol. The number of para-hydroxylation sites is 1. The highest BCUT2D eigenvalue weighted by Crippen LogP contribution is 2.27. The molecule has 2 rings (SSSR count). The molecule has 0 spiro atoms. The fourth-order valence-corrected chi connectivity index (χ4v) is 2.64. The molecule has 9 heteroatoms. The van der Waals surface area contributed by atoms with E-state index < -0.39 is 27.1 Å². The molecule has 9 nitrogen and oxygen atoms in total. The van der Waals surface area contributed by atoms with Gasteiger partial charge in [-0.2, -0.15) is 0 Å². The van der Waals surface area contributed by atoms with Crippen LogP contribution < -0.4 is 10.2 Å². The summed E-state index contributed by atoms with van der Waals surface area (Å²) in [5, 5.41) is 24.7. The summed E-state index contributed by atoms with van der Waals surface area (Å²) < 4.78 is 0. The van der Waals surface area contributed by atoms with Crippen molar-refractivity contribution in [3.8, 4) is 0 Å². The molecule has 0 radical (unpaired) electrons. The molecule has 27 heavy (non-hydrogen) atoms. The molecule has 1 N–H and O–H groups in total. The van der Waals surface area contributed by atoms with Crippen LogP contribution in [-0.4, -0.2) is 35.9 Å². The molecule has 0 aromatic heterocycles. The number of anilines is 1. The maximum atomic E-state index is 12.4. The maximum Gasteiger partial charge on any atom is 0.279 e. The van der Waals surface area contributed by atoms with Crippen LogP contribution in [0.3, 0.4) is 0 Å². The van der Waals surface area contributed by atoms with E-state index in [1.54, 1.807) is 0 Å². The van der Waals surface area contributed by atoms with Gasteiger partial charge in [-0.3, -0.25) is 25.0 Å². The number of hydrogen-bond donors (Lipinski definition) is 1. The second-order valence-electron chi connectivity index (χ2n) is 6.02. The van der Waals surface area contributed by atoms with Crippen molar-refractivity contribution in [2.75, 3.05) is 25.0 Å². The highest BCUT2D eigenvalue weighted by Gasteiger charge is 2.24. The number of carbonyl (C=O) groups is 1. The number of nitrogens with zero attached hydrogens (tertiary/aromatic N) is 3. The Kier molecular flexibility index (Phi) is 6.42. The zero-order valence-corrected chi connectivity index (χ0v) is 15.0. The number of amides is 1. The van der Waals surface area contributed by atoms with Crippen molar-refractivity contribution in [2.24, 2.45) is 0 Å². The van der Waals surface area contributed by atoms with E-state index in [2.05, 4.69) is 5.32 Å². The number of nitrogens with one attached hydrogen (secondary N) is 1. The first-order chi connectivity index (χ1) is 12.8. The Morgan fingerprint density at radius 1 is 1.11 bits per heavy atom. The lowest BCUT2D eigenvalue weighted by molar-refractivity contribution is -0.394. The van der Waals surface area contributed by atoms with Crippen LogP contribution >= 0.6 is 0 Å². The normalized spacial score (nSPS) is 10.3. The average molecular weight is 372 g/mol. The number of nitro benzene ring substituents is 2. The first kappa shape index (κ1) is 19.8. The third kappa shape index (κ3) is 5.00. The van der Waals surface area contributed by atoms with E-state index >= 15 is 0 Å². The summed E-state index contributed by atoms with van der Waals surface area (Å²) >= 11 is 0. The molecule has 0 aliphatic rings. The fraction of sp³-hybridized carbons (Fsp3) is 0.278. The number of rotatable bonds is 8. The Bertz CT molecular complexity index is 854. The summed E-state index contributed by atoms with van der Waals surface area (Å²) in [6, 6.07) is 11.7. The molecule has 0 aliphatic heterocycles. The Balaban J connectivity index is 2.01. The van der Waals surface area contributed by atoms with Gasteiger partial charge >= 0.3 is 0 Å². The standard InChI is InChI=1S/C18H20N4O5/c1-13-16(11-15(21(24)25)12-17(13)22(26)27)18(23)19-9-6-10-20(2)14-7-4-3-5-8-14/h3-5,7-8,11-12H,6,9-10H2,1-2H3,(H,19,23). The highest BCUT2D eigenvalue weighted by atomic mass is 16.6. The largest absolute Gasteiger partial charge is 0.375 e. The van der Waals surface area contributed by atoms with E-state index in [1.165, 1.54) is 6.92 Å². The maximum absolute atomic E-state index is 12.4. The smallest absolute Gasteiger partial charge is 0.279 e. The Morgan fingerprint density at radius 3 is 2.37 bits per heavy atom. The van der Waals surface area contributed by atoms with Gasteiger partial charge < -0.3 is 10.2 Å². The molecule has 0 aliphatic carbocycles. The first-order valence-corrected chi connectivity index (χ1v) is 8.29. The number of nitro groups is 2. The summed E-state index contributed by atoms with van der Waals surface area (Å²) in [6.07, 6.45) is 0.646. The number of hydrogen-bond acceptors (Lipinski definition) is 6. The van der Waals surface area contributed by atoms with Crippen LogP contribution in [0.1, 0.15) is 22.3 Å². The lowest BCUT2D eigenvalue weighted by atomic mass is 10.0. The van der Waals surface area contributed by atoms with Gasteiger partial charge in [-0.1, -0.05) is 18.2 Å². The second kappa shape index (κ2) is 8.75. The van der Waals surface area contributed by atoms with E-state index in [1.807, 2.05) is 42.3 Å². The van der Waals surface area contributed by atoms with Crippen LogP contribution in [-0.2, 0) is 0 Å². The zero-order valence-electron chi connectivity index (χ0n) is 15.0. The van der Waals surface area contributed by atoms with Crippen molar-refractivity contribution in [1.82, 2.24) is 5.32 Å². The molecule has 0 bridgehead atoms. The predicted octanol–water partition coefficient (Wildman–Crippen LogP) is 3.07. The summed E-state index contributed by atoms with van der Waals surface area (Å²) in [4.78, 5) is 35.0. The van der Waals surface area contributed by atoms with Gasteiger partial charge in [0.25, 0.3) is 17.3 Å². The Hall–Kier alpha value is -3.49. The number of non-ortho nitro benzene ring substituents is 1. The number of carbonyl (C=O) groups excluding carboxylic acids is 1. The topological polar surface area (TPSA) is 119 Å². The number of benzene rings is 2. The lowest BCUT2D eigenvalue weighted by Crippen LogP contribution is -2.28. The molecule has 0 heterocycles. The SMILES string of the molecule is Cc1c(C(=O)NCCCN(C)c2ccccc2)cc([N+](=O)[O-])cc1[N+](=O)[O-]. The van der Waals surface area contributed by atoms with Gasteiger partial charge in [0.05, 0.1) is 21.5 Å². The van der Waals surface area contributed by atoms with Crippen molar-refractivity contribution in [3.05, 3.63) is 73.8 Å². The van der Waals surface area contributed by atoms with Gasteiger partial charge in [0.2, 0.25) is 0 Å². The minimum Gasteiger partial charge on any atom is -0.375 e. The van der Waals surface area contributed by atoms with Crippen LogP contribution in [0.5, 0.6) is 0 Å². The molecular weight excluding hydrogens is 352 g/mol. The van der Waals surface area contributed by atoms with Crippen LogP contribution in [0, 0.1) is 27.2 Å². The van der Waals surface area contributed by atoms with Crippen LogP contribution in [0.15, 0.2) is 42.5 Å². The summed E-state index contributed by atoms with van der Waals surface area (Å²) in [7, 11) is 1.94. The van der Waals surface area contributed by atoms with Gasteiger partial charge in [-0.25, -0.2) is 0 Å². The second-order valence-corrected chi connectivity index (χ2v) is 6.02. The molecule has 142 valence electrons. The van der Waals surface area contributed by atoms with E-state index in [4.69, 9.17) is 0 Å². The quantitative estimate of drug-likeness (QED) is 0.432. The van der Waals surface area contributed by atoms with Gasteiger partial charge in [0, 0.05) is 37.5 Å². The van der Waals surface area contributed by atoms with Crippen molar-refractivity contribution < 1.29 is 14.6 Å². The highest BCUT2D eigenvalue weighted by molar-refractivity contribution is 5.97. The molecule has 0 atom stereocenters. The third-order valence-electron chi connectivity index (χ3n) is 4.17. The molecular formula is C18H20N4O5. The lowest BCUT2D eigenvalue weighted by Gasteiger charge is -2.19. The van der Waals surface area contributed by atoms with Gasteiger partial charge in [0.15, 0.2) is 0 Å². The summed E-state index contributed by atoms with van der Waals surface area (Å²) in [5.41, 5.74) is 0.158. The minimum atomic E-state index is -0.752. The van der Waals surface area contributed by atoms with Crippen LogP contribution in [0.2, 0.25) is 0 Å². The Morgan fingerprint density at radius 2 is 1.78 bits per heavy atom. The molecule has 2 aromatic carbocycles. The molecule has 2 aromatic rings. The van der Waals surface area contributed by atoms with E-state index in [0.717, 1.165) is 17.8 Å². The Labute approximate surface area is 155 Å². The van der Waals surface area contributed by atoms with Crippen molar-refractivity contribution in [2.45, 2.75) is 13.3 Å². The van der Waals surface area contributed by atoms with Crippen molar-refractivity contribution >= 4 is 23.0 Å². The van der Waals surface area contributed by atoms with Crippen molar-refractivity contribution in [3.63, 3.8) is 0 Å². The predicted molar refractivity (Wildman–Crippen MR) is 101 cm³/mol. The third-order valence-corrected chi connectivity index (χ3v) is 4.17. The molecule has 0 unspecified atom stereocenters. The zero-order chi connectivity index (χ0) is 20.0. The van der Waals surface area contributed by atoms with Crippen LogP contribution in [0.25, 0.3) is 0 Å². The van der Waals surface area contributed by atoms with E-state index in [-0.39, 0.29) is 11.1 Å². The minimum absolute atomic E-state index is 0.0627. The van der Waals surface area contributed by atoms with E-state index in [9.17, 15) is 25.0 Å². The van der Waals surface area contributed by atoms with Gasteiger partial charge in [-0.05, 0) is 25.5 Å². The van der Waals surface area contributed by atoms with E-state index in [0.29, 0.717) is 19.5 Å². The van der Waals surface area contributed by atoms with Crippen LogP contribution in [0.4, 0.5) is 17.1 Å². The van der Waals surface area contributed by atoms with Gasteiger partial charge in [-0.15, -0.1) is 0 Å². The molecule has 0 fully saturated rings. The molecule has 0 saturated heterocycles. The summed E-state index contributed by atoms with van der Waals surface area (Å²) in [5.74, 6) is -0.568. The average Bonchev–Trinajstić information content (AvgIpc) is 2.65. The van der Waals surface area contributed by atoms with Gasteiger partial charge in [0.1, 0.15) is 0 Å².